The number of aryl methyl sites for hydroxylation is 1. The zero-order valence-corrected chi connectivity index (χ0v) is 15.1. The Kier molecular flexibility index (Phi) is 5.01. The van der Waals surface area contributed by atoms with E-state index in [2.05, 4.69) is 34.2 Å². The Morgan fingerprint density at radius 1 is 1.19 bits per heavy atom. The first-order valence-electron chi connectivity index (χ1n) is 9.45. The molecule has 134 valence electrons. The van der Waals surface area contributed by atoms with Gasteiger partial charge >= 0.3 is 0 Å². The Bertz CT molecular complexity index is 764. The van der Waals surface area contributed by atoms with E-state index in [4.69, 9.17) is 10.00 Å². The molecule has 0 spiro atoms. The Hall–Kier alpha value is -2.22. The largest absolute Gasteiger partial charge is 0.381 e. The molecule has 2 saturated heterocycles. The highest BCUT2D eigenvalue weighted by molar-refractivity contribution is 5.31. The predicted octanol–water partition coefficient (Wildman–Crippen LogP) is 3.42. The average Bonchev–Trinajstić information content (AvgIpc) is 3.03. The number of aromatic nitrogens is 1. The van der Waals surface area contributed by atoms with Gasteiger partial charge in [-0.3, -0.25) is 9.88 Å². The van der Waals surface area contributed by atoms with Crippen molar-refractivity contribution in [3.63, 3.8) is 0 Å². The van der Waals surface area contributed by atoms with Crippen LogP contribution in [-0.4, -0.2) is 36.2 Å². The molecule has 0 aliphatic carbocycles. The SMILES string of the molecule is N#Cc1ccc(CC[C@@]2(C3COC3)CCN(Cc3cccnc3)C2)cc1. The number of likely N-dealkylation sites (tertiary alicyclic amines) is 1. The summed E-state index contributed by atoms with van der Waals surface area (Å²) in [4.78, 5) is 6.82. The number of hydrogen-bond donors (Lipinski definition) is 0. The number of rotatable bonds is 6. The summed E-state index contributed by atoms with van der Waals surface area (Å²) in [6, 6.07) is 14.4. The third kappa shape index (κ3) is 3.65. The lowest BCUT2D eigenvalue weighted by Gasteiger charge is -2.43. The maximum absolute atomic E-state index is 8.96. The van der Waals surface area contributed by atoms with Gasteiger partial charge in [-0.25, -0.2) is 0 Å². The fourth-order valence-corrected chi connectivity index (χ4v) is 4.34. The van der Waals surface area contributed by atoms with Gasteiger partial charge in [0.2, 0.25) is 0 Å². The molecule has 0 saturated carbocycles. The Labute approximate surface area is 155 Å². The molecule has 0 bridgehead atoms. The zero-order valence-electron chi connectivity index (χ0n) is 15.1. The first-order chi connectivity index (χ1) is 12.8. The van der Waals surface area contributed by atoms with Gasteiger partial charge in [0, 0.05) is 31.4 Å². The van der Waals surface area contributed by atoms with E-state index in [-0.39, 0.29) is 0 Å². The lowest BCUT2D eigenvalue weighted by Crippen LogP contribution is -2.45. The van der Waals surface area contributed by atoms with Gasteiger partial charge in [-0.2, -0.15) is 5.26 Å². The fourth-order valence-electron chi connectivity index (χ4n) is 4.34. The molecule has 4 heteroatoms. The molecule has 4 nitrogen and oxygen atoms in total. The standard InChI is InChI=1S/C22H25N3O/c23-12-19-5-3-18(4-6-19)7-8-22(21-15-26-16-21)9-11-25(17-22)14-20-2-1-10-24-13-20/h1-6,10,13,21H,7-9,11,14-17H2/t22-/m1/s1. The maximum Gasteiger partial charge on any atom is 0.0991 e. The molecule has 2 aromatic rings. The molecular formula is C22H25N3O. The van der Waals surface area contributed by atoms with Gasteiger partial charge in [0.05, 0.1) is 24.8 Å². The lowest BCUT2D eigenvalue weighted by atomic mass is 9.70. The second-order valence-corrected chi connectivity index (χ2v) is 7.73. The number of nitriles is 1. The third-order valence-electron chi connectivity index (χ3n) is 6.09. The van der Waals surface area contributed by atoms with Crippen molar-refractivity contribution < 1.29 is 4.74 Å². The Morgan fingerprint density at radius 3 is 2.69 bits per heavy atom. The molecule has 0 radical (unpaired) electrons. The molecule has 2 aliphatic rings. The van der Waals surface area contributed by atoms with Crippen molar-refractivity contribution in [3.05, 3.63) is 65.5 Å². The van der Waals surface area contributed by atoms with E-state index >= 15 is 0 Å². The predicted molar refractivity (Wildman–Crippen MR) is 100 cm³/mol. The molecule has 26 heavy (non-hydrogen) atoms. The molecular weight excluding hydrogens is 322 g/mol. The smallest absolute Gasteiger partial charge is 0.0991 e. The van der Waals surface area contributed by atoms with Gasteiger partial charge in [-0.1, -0.05) is 18.2 Å². The van der Waals surface area contributed by atoms with Crippen molar-refractivity contribution in [1.82, 2.24) is 9.88 Å². The highest BCUT2D eigenvalue weighted by Gasteiger charge is 2.46. The topological polar surface area (TPSA) is 49.1 Å². The quantitative estimate of drug-likeness (QED) is 0.803. The molecule has 1 aromatic heterocycles. The van der Waals surface area contributed by atoms with Crippen molar-refractivity contribution in [2.24, 2.45) is 11.3 Å². The summed E-state index contributed by atoms with van der Waals surface area (Å²) >= 11 is 0. The zero-order chi connectivity index (χ0) is 17.8. The van der Waals surface area contributed by atoms with E-state index in [0.29, 0.717) is 11.3 Å². The normalized spacial score (nSPS) is 23.5. The van der Waals surface area contributed by atoms with Crippen LogP contribution in [0.5, 0.6) is 0 Å². The van der Waals surface area contributed by atoms with Crippen LogP contribution >= 0.6 is 0 Å². The molecule has 2 fully saturated rings. The molecule has 1 atom stereocenters. The third-order valence-corrected chi connectivity index (χ3v) is 6.09. The van der Waals surface area contributed by atoms with E-state index in [1.54, 1.807) is 0 Å². The lowest BCUT2D eigenvalue weighted by molar-refractivity contribution is -0.0987. The Morgan fingerprint density at radius 2 is 2.04 bits per heavy atom. The number of pyridine rings is 1. The molecule has 1 aromatic carbocycles. The van der Waals surface area contributed by atoms with Crippen LogP contribution in [0.25, 0.3) is 0 Å². The van der Waals surface area contributed by atoms with Crippen LogP contribution < -0.4 is 0 Å². The van der Waals surface area contributed by atoms with Crippen LogP contribution in [0.3, 0.4) is 0 Å². The van der Waals surface area contributed by atoms with Crippen molar-refractivity contribution in [3.8, 4) is 6.07 Å². The average molecular weight is 347 g/mol. The first-order valence-corrected chi connectivity index (χ1v) is 9.45. The van der Waals surface area contributed by atoms with E-state index in [9.17, 15) is 0 Å². The van der Waals surface area contributed by atoms with Crippen molar-refractivity contribution in [1.29, 1.82) is 5.26 Å². The van der Waals surface area contributed by atoms with Gasteiger partial charge in [-0.05, 0) is 60.5 Å². The minimum absolute atomic E-state index is 0.356. The molecule has 0 unspecified atom stereocenters. The highest BCUT2D eigenvalue weighted by atomic mass is 16.5. The van der Waals surface area contributed by atoms with E-state index in [0.717, 1.165) is 44.8 Å². The van der Waals surface area contributed by atoms with E-state index in [1.807, 2.05) is 30.6 Å². The van der Waals surface area contributed by atoms with Gasteiger partial charge in [0.15, 0.2) is 0 Å². The van der Waals surface area contributed by atoms with Crippen LogP contribution in [0, 0.1) is 22.7 Å². The highest BCUT2D eigenvalue weighted by Crippen LogP contribution is 2.45. The van der Waals surface area contributed by atoms with Crippen LogP contribution in [0.4, 0.5) is 0 Å². The Balaban J connectivity index is 1.42. The number of ether oxygens (including phenoxy) is 1. The molecule has 4 rings (SSSR count). The summed E-state index contributed by atoms with van der Waals surface area (Å²) in [5, 5.41) is 8.96. The molecule has 0 N–H and O–H groups in total. The second kappa shape index (κ2) is 7.57. The van der Waals surface area contributed by atoms with E-state index < -0.39 is 0 Å². The van der Waals surface area contributed by atoms with Crippen LogP contribution in [0.2, 0.25) is 0 Å². The van der Waals surface area contributed by atoms with Crippen molar-refractivity contribution in [2.45, 2.75) is 25.8 Å². The second-order valence-electron chi connectivity index (χ2n) is 7.73. The summed E-state index contributed by atoms with van der Waals surface area (Å²) in [5.74, 6) is 0.680. The number of hydrogen-bond acceptors (Lipinski definition) is 4. The minimum Gasteiger partial charge on any atom is -0.381 e. The van der Waals surface area contributed by atoms with Gasteiger partial charge in [-0.15, -0.1) is 0 Å². The number of nitrogens with zero attached hydrogens (tertiary/aromatic N) is 3. The van der Waals surface area contributed by atoms with Crippen molar-refractivity contribution in [2.75, 3.05) is 26.3 Å². The minimum atomic E-state index is 0.356. The van der Waals surface area contributed by atoms with Crippen molar-refractivity contribution >= 4 is 0 Å². The van der Waals surface area contributed by atoms with Crippen LogP contribution in [0.15, 0.2) is 48.8 Å². The van der Waals surface area contributed by atoms with Gasteiger partial charge < -0.3 is 4.74 Å². The molecule has 3 heterocycles. The van der Waals surface area contributed by atoms with Crippen LogP contribution in [0.1, 0.15) is 29.5 Å². The van der Waals surface area contributed by atoms with Crippen LogP contribution in [-0.2, 0) is 17.7 Å². The summed E-state index contributed by atoms with van der Waals surface area (Å²) in [6.45, 7) is 5.10. The summed E-state index contributed by atoms with van der Waals surface area (Å²) in [5.41, 5.74) is 3.71. The molecule has 0 amide bonds. The first kappa shape index (κ1) is 17.2. The monoisotopic (exact) mass is 347 g/mol. The van der Waals surface area contributed by atoms with Gasteiger partial charge in [0.1, 0.15) is 0 Å². The fraction of sp³-hybridized carbons (Fsp3) is 0.455. The summed E-state index contributed by atoms with van der Waals surface area (Å²) < 4.78 is 5.54. The van der Waals surface area contributed by atoms with E-state index in [1.165, 1.54) is 24.0 Å². The van der Waals surface area contributed by atoms with Gasteiger partial charge in [0.25, 0.3) is 0 Å². The number of benzene rings is 1. The molecule has 2 aliphatic heterocycles. The maximum atomic E-state index is 8.96. The summed E-state index contributed by atoms with van der Waals surface area (Å²) in [6.07, 6.45) is 7.32. The summed E-state index contributed by atoms with van der Waals surface area (Å²) in [7, 11) is 0.